The molecular formula is C39H54N4O5. The topological polar surface area (TPSA) is 106 Å². The number of hydrogen-bond acceptors (Lipinski definition) is 6. The van der Waals surface area contributed by atoms with Gasteiger partial charge in [0.05, 0.1) is 31.2 Å². The molecule has 2 aliphatic rings. The fraction of sp³-hybridized carbons (Fsp3) is 0.564. The zero-order valence-electron chi connectivity index (χ0n) is 30.0. The second kappa shape index (κ2) is 14.7. The van der Waals surface area contributed by atoms with E-state index in [0.717, 1.165) is 62.7 Å². The number of carboxylic acid groups (broad SMARTS) is 1. The molecule has 5 rings (SSSR count). The largest absolute Gasteiger partial charge is 0.496 e. The molecule has 0 aliphatic heterocycles. The maximum Gasteiger partial charge on any atom is 0.329 e. The van der Waals surface area contributed by atoms with E-state index in [4.69, 9.17) is 14.6 Å². The lowest BCUT2D eigenvalue weighted by atomic mass is 9.56. The Bertz CT molecular complexity index is 1590. The number of aromatic nitrogens is 2. The van der Waals surface area contributed by atoms with Crippen molar-refractivity contribution < 1.29 is 24.2 Å². The molecule has 0 radical (unpaired) electrons. The van der Waals surface area contributed by atoms with Crippen LogP contribution in [0.1, 0.15) is 93.8 Å². The average Bonchev–Trinajstić information content (AvgIpc) is 3.49. The Morgan fingerprint density at radius 2 is 1.73 bits per heavy atom. The van der Waals surface area contributed by atoms with Gasteiger partial charge in [0.1, 0.15) is 17.0 Å². The second-order valence-electron chi connectivity index (χ2n) is 14.8. The number of aliphatic carboxylic acids is 1. The summed E-state index contributed by atoms with van der Waals surface area (Å²) < 4.78 is 13.4. The summed E-state index contributed by atoms with van der Waals surface area (Å²) >= 11 is 0. The molecule has 3 aromatic rings. The lowest BCUT2D eigenvalue weighted by Gasteiger charge is -2.52. The number of fused-ring (bicyclic) bond motifs is 2. The molecule has 5 atom stereocenters. The second-order valence-corrected chi connectivity index (χ2v) is 14.8. The Kier molecular flexibility index (Phi) is 10.9. The van der Waals surface area contributed by atoms with E-state index in [1.165, 1.54) is 5.56 Å². The molecule has 48 heavy (non-hydrogen) atoms. The summed E-state index contributed by atoms with van der Waals surface area (Å²) in [6.45, 7) is 9.55. The van der Waals surface area contributed by atoms with Gasteiger partial charge >= 0.3 is 5.97 Å². The highest BCUT2D eigenvalue weighted by Crippen LogP contribution is 2.50. The molecule has 2 fully saturated rings. The molecule has 2 saturated carbocycles. The van der Waals surface area contributed by atoms with Gasteiger partial charge in [-0.3, -0.25) is 4.79 Å². The Balaban J connectivity index is 1.61. The summed E-state index contributed by atoms with van der Waals surface area (Å²) in [4.78, 5) is 29.7. The van der Waals surface area contributed by atoms with Gasteiger partial charge in [0.25, 0.3) is 5.91 Å². The van der Waals surface area contributed by atoms with Crippen LogP contribution >= 0.6 is 0 Å². The monoisotopic (exact) mass is 658 g/mol. The normalized spacial score (nSPS) is 23.7. The van der Waals surface area contributed by atoms with Crippen molar-refractivity contribution in [3.63, 3.8) is 0 Å². The molecule has 260 valence electrons. The lowest BCUT2D eigenvalue weighted by Crippen LogP contribution is -2.66. The van der Waals surface area contributed by atoms with E-state index in [9.17, 15) is 14.7 Å². The zero-order valence-corrected chi connectivity index (χ0v) is 30.0. The van der Waals surface area contributed by atoms with Crippen LogP contribution in [-0.2, 0) is 11.2 Å². The van der Waals surface area contributed by atoms with E-state index < -0.39 is 17.4 Å². The predicted octanol–water partition coefficient (Wildman–Crippen LogP) is 7.21. The highest BCUT2D eigenvalue weighted by atomic mass is 16.5. The van der Waals surface area contributed by atoms with E-state index in [1.807, 2.05) is 25.1 Å². The van der Waals surface area contributed by atoms with E-state index in [1.54, 1.807) is 25.0 Å². The predicted molar refractivity (Wildman–Crippen MR) is 189 cm³/mol. The number of nitrogens with zero attached hydrogens (tertiary/aromatic N) is 3. The van der Waals surface area contributed by atoms with Crippen molar-refractivity contribution in [2.24, 2.45) is 23.7 Å². The first-order valence-corrected chi connectivity index (χ1v) is 17.5. The van der Waals surface area contributed by atoms with Crippen LogP contribution < -0.4 is 14.8 Å². The standard InChI is InChI=1S/C39H54N4O5/c1-24(2)30-22-27(12-9-10-17-42(5)6)15-16-32(30)43-33(36-34(47-7)13-11-14-35(36)48-8)23-31(41-43)37(44)40-39(38(45)46)26(4)20-28-18-25(3)19-29(39)21-28/h11,13-16,22-26,28-29H,9-10,12,17-21H2,1-8H3,(H,40,44)(H,45,46). The van der Waals surface area contributed by atoms with Crippen molar-refractivity contribution in [2.75, 3.05) is 34.9 Å². The van der Waals surface area contributed by atoms with Crippen molar-refractivity contribution in [1.29, 1.82) is 0 Å². The van der Waals surface area contributed by atoms with Gasteiger partial charge in [-0.25, -0.2) is 9.48 Å². The molecule has 1 amide bonds. The molecule has 1 aromatic heterocycles. The number of rotatable bonds is 13. The summed E-state index contributed by atoms with van der Waals surface area (Å²) in [5.41, 5.74) is 3.31. The van der Waals surface area contributed by atoms with Crippen LogP contribution in [0, 0.1) is 23.7 Å². The summed E-state index contributed by atoms with van der Waals surface area (Å²) in [6.07, 6.45) is 6.69. The third-order valence-corrected chi connectivity index (χ3v) is 10.7. The fourth-order valence-electron chi connectivity index (χ4n) is 8.44. The van der Waals surface area contributed by atoms with E-state index in [0.29, 0.717) is 34.6 Å². The van der Waals surface area contributed by atoms with Crippen LogP contribution in [0.25, 0.3) is 16.9 Å². The van der Waals surface area contributed by atoms with Gasteiger partial charge in [0.15, 0.2) is 5.69 Å². The highest BCUT2D eigenvalue weighted by molar-refractivity contribution is 5.98. The third-order valence-electron chi connectivity index (χ3n) is 10.7. The Morgan fingerprint density at radius 1 is 1.02 bits per heavy atom. The number of hydrogen-bond donors (Lipinski definition) is 2. The van der Waals surface area contributed by atoms with Crippen LogP contribution in [0.2, 0.25) is 0 Å². The summed E-state index contributed by atoms with van der Waals surface area (Å²) in [5.74, 6) is 0.462. The molecule has 5 unspecified atom stereocenters. The highest BCUT2D eigenvalue weighted by Gasteiger charge is 2.56. The number of aryl methyl sites for hydroxylation is 1. The van der Waals surface area contributed by atoms with Gasteiger partial charge < -0.3 is 24.8 Å². The van der Waals surface area contributed by atoms with Gasteiger partial charge in [0.2, 0.25) is 0 Å². The van der Waals surface area contributed by atoms with Crippen LogP contribution in [-0.4, -0.2) is 72.1 Å². The summed E-state index contributed by atoms with van der Waals surface area (Å²) in [6, 6.07) is 13.8. The molecule has 2 aromatic carbocycles. The maximum absolute atomic E-state index is 14.3. The molecule has 9 nitrogen and oxygen atoms in total. The molecule has 0 spiro atoms. The molecule has 2 bridgehead atoms. The first-order valence-electron chi connectivity index (χ1n) is 17.5. The number of carbonyl (C=O) groups excluding carboxylic acids is 1. The average molecular weight is 659 g/mol. The minimum Gasteiger partial charge on any atom is -0.496 e. The van der Waals surface area contributed by atoms with Crippen molar-refractivity contribution >= 4 is 11.9 Å². The number of nitrogens with one attached hydrogen (secondary N) is 1. The number of ether oxygens (including phenoxy) is 2. The van der Waals surface area contributed by atoms with E-state index in [2.05, 4.69) is 63.3 Å². The molecule has 1 heterocycles. The minimum atomic E-state index is -1.36. The van der Waals surface area contributed by atoms with Crippen molar-refractivity contribution in [1.82, 2.24) is 20.0 Å². The van der Waals surface area contributed by atoms with Gasteiger partial charge in [-0.2, -0.15) is 5.10 Å². The number of unbranched alkanes of at least 4 members (excludes halogenated alkanes) is 1. The fourth-order valence-corrected chi connectivity index (χ4v) is 8.44. The number of benzene rings is 2. The number of methoxy groups -OCH3 is 2. The summed E-state index contributed by atoms with van der Waals surface area (Å²) in [7, 11) is 7.41. The zero-order chi connectivity index (χ0) is 34.7. The Hall–Kier alpha value is -3.85. The van der Waals surface area contributed by atoms with E-state index >= 15 is 0 Å². The van der Waals surface area contributed by atoms with Gasteiger partial charge in [0, 0.05) is 0 Å². The molecule has 2 aliphatic carbocycles. The van der Waals surface area contributed by atoms with Crippen LogP contribution in [0.4, 0.5) is 0 Å². The maximum atomic E-state index is 14.3. The number of amides is 1. The van der Waals surface area contributed by atoms with Gasteiger partial charge in [-0.05, 0) is 131 Å². The quantitative estimate of drug-likeness (QED) is 0.187. The summed E-state index contributed by atoms with van der Waals surface area (Å²) in [5, 5.41) is 18.8. The van der Waals surface area contributed by atoms with Crippen molar-refractivity contribution in [3.05, 3.63) is 59.3 Å². The molecule has 0 saturated heterocycles. The number of carboxylic acids is 1. The minimum absolute atomic E-state index is 0.134. The van der Waals surface area contributed by atoms with Crippen LogP contribution in [0.5, 0.6) is 11.5 Å². The van der Waals surface area contributed by atoms with Crippen molar-refractivity contribution in [3.8, 4) is 28.4 Å². The third kappa shape index (κ3) is 6.98. The van der Waals surface area contributed by atoms with E-state index in [-0.39, 0.29) is 23.4 Å². The molecule has 9 heteroatoms. The number of carbonyl (C=O) groups is 2. The molecular weight excluding hydrogens is 604 g/mol. The van der Waals surface area contributed by atoms with Gasteiger partial charge in [-0.15, -0.1) is 0 Å². The van der Waals surface area contributed by atoms with Crippen LogP contribution in [0.3, 0.4) is 0 Å². The Labute approximate surface area is 286 Å². The Morgan fingerprint density at radius 3 is 2.35 bits per heavy atom. The lowest BCUT2D eigenvalue weighted by molar-refractivity contribution is -0.155. The first-order chi connectivity index (χ1) is 22.9. The first kappa shape index (κ1) is 35.5. The van der Waals surface area contributed by atoms with Gasteiger partial charge in [-0.1, -0.05) is 45.9 Å². The smallest absolute Gasteiger partial charge is 0.329 e. The van der Waals surface area contributed by atoms with Crippen LogP contribution in [0.15, 0.2) is 42.5 Å². The van der Waals surface area contributed by atoms with Crippen molar-refractivity contribution in [2.45, 2.75) is 84.1 Å². The molecule has 2 N–H and O–H groups in total. The SMILES string of the molecule is COc1cccc(OC)c1-c1cc(C(=O)NC2(C(=O)O)C(C)CC3CC(C)CC2C3)nn1-c1ccc(CCCCN(C)C)cc1C(C)C.